The van der Waals surface area contributed by atoms with Gasteiger partial charge in [0.05, 0.1) is 11.4 Å². The number of allylic oxidation sites excluding steroid dienone is 1. The van der Waals surface area contributed by atoms with Gasteiger partial charge in [0.15, 0.2) is 0 Å². The van der Waals surface area contributed by atoms with Gasteiger partial charge in [0, 0.05) is 0 Å². The molecule has 0 unspecified atom stereocenters. The molecule has 1 heterocycles. The third-order valence-corrected chi connectivity index (χ3v) is 6.23. The monoisotopic (exact) mass is 442 g/mol. The van der Waals surface area contributed by atoms with E-state index < -0.39 is 5.41 Å². The van der Waals surface area contributed by atoms with Crippen molar-refractivity contribution in [2.75, 3.05) is 5.01 Å². The lowest BCUT2D eigenvalue weighted by Crippen LogP contribution is -2.42. The van der Waals surface area contributed by atoms with Crippen LogP contribution in [0, 0.1) is 5.41 Å². The van der Waals surface area contributed by atoms with E-state index >= 15 is 0 Å². The zero-order valence-corrected chi connectivity index (χ0v) is 18.9. The summed E-state index contributed by atoms with van der Waals surface area (Å²) in [7, 11) is 0. The maximum absolute atomic E-state index is 14.2. The molecule has 0 aromatic heterocycles. The molecule has 5 rings (SSSR count). The highest BCUT2D eigenvalue weighted by Gasteiger charge is 2.51. The molecule has 3 heteroatoms. The SMILES string of the molecule is O=C1N(c2ccccc2)N=C(c2ccccc2)[C@@]1(C/C=C/c1ccccc1)Cc1ccccc1. The number of hydrogen-bond donors (Lipinski definition) is 0. The summed E-state index contributed by atoms with van der Waals surface area (Å²) in [4.78, 5) is 14.2. The molecule has 1 amide bonds. The third kappa shape index (κ3) is 4.33. The van der Waals surface area contributed by atoms with E-state index in [-0.39, 0.29) is 5.91 Å². The van der Waals surface area contributed by atoms with Crippen LogP contribution in [-0.2, 0) is 11.2 Å². The molecule has 4 aromatic carbocycles. The normalized spacial score (nSPS) is 17.8. The molecule has 1 atom stereocenters. The van der Waals surface area contributed by atoms with Crippen LogP contribution in [0.1, 0.15) is 23.1 Å². The molecular formula is C31H26N2O. The molecule has 4 aromatic rings. The molecule has 34 heavy (non-hydrogen) atoms. The zero-order valence-electron chi connectivity index (χ0n) is 18.9. The molecule has 0 radical (unpaired) electrons. The molecule has 166 valence electrons. The molecule has 1 aliphatic rings. The Kier molecular flexibility index (Phi) is 6.17. The lowest BCUT2D eigenvalue weighted by Gasteiger charge is -2.28. The fraction of sp³-hybridized carbons (Fsp3) is 0.0968. The molecule has 0 aliphatic carbocycles. The first-order valence-electron chi connectivity index (χ1n) is 11.6. The Balaban J connectivity index is 1.62. The number of carbonyl (C=O) groups excluding carboxylic acids is 1. The van der Waals surface area contributed by atoms with Gasteiger partial charge in [-0.05, 0) is 41.7 Å². The summed E-state index contributed by atoms with van der Waals surface area (Å²) < 4.78 is 0. The minimum Gasteiger partial charge on any atom is -0.271 e. The lowest BCUT2D eigenvalue weighted by atomic mass is 9.72. The summed E-state index contributed by atoms with van der Waals surface area (Å²) in [5, 5.41) is 6.54. The van der Waals surface area contributed by atoms with E-state index in [2.05, 4.69) is 36.4 Å². The second kappa shape index (κ2) is 9.72. The van der Waals surface area contributed by atoms with Gasteiger partial charge in [-0.2, -0.15) is 10.1 Å². The first kappa shape index (κ1) is 21.6. The number of hydrazone groups is 1. The van der Waals surface area contributed by atoms with Gasteiger partial charge in [-0.15, -0.1) is 0 Å². The first-order chi connectivity index (χ1) is 16.8. The van der Waals surface area contributed by atoms with Crippen LogP contribution in [0.2, 0.25) is 0 Å². The Morgan fingerprint density at radius 3 is 1.91 bits per heavy atom. The quantitative estimate of drug-likeness (QED) is 0.311. The number of anilines is 1. The molecule has 0 fully saturated rings. The maximum atomic E-state index is 14.2. The van der Waals surface area contributed by atoms with Crippen LogP contribution >= 0.6 is 0 Å². The van der Waals surface area contributed by atoms with E-state index in [1.54, 1.807) is 5.01 Å². The van der Waals surface area contributed by atoms with Crippen molar-refractivity contribution in [3.05, 3.63) is 144 Å². The van der Waals surface area contributed by atoms with Crippen molar-refractivity contribution in [3.8, 4) is 0 Å². The number of hydrogen-bond acceptors (Lipinski definition) is 2. The van der Waals surface area contributed by atoms with Crippen LogP contribution in [0.4, 0.5) is 5.69 Å². The summed E-state index contributed by atoms with van der Waals surface area (Å²) in [6.45, 7) is 0. The minimum atomic E-state index is -0.816. The Hall–Kier alpha value is -4.24. The molecule has 3 nitrogen and oxygen atoms in total. The molecule has 0 saturated heterocycles. The number of nitrogens with zero attached hydrogens (tertiary/aromatic N) is 2. The first-order valence-corrected chi connectivity index (χ1v) is 11.6. The van der Waals surface area contributed by atoms with Crippen LogP contribution in [0.25, 0.3) is 6.08 Å². The van der Waals surface area contributed by atoms with E-state index in [0.29, 0.717) is 12.8 Å². The van der Waals surface area contributed by atoms with Crippen LogP contribution in [0.5, 0.6) is 0 Å². The second-order valence-electron chi connectivity index (χ2n) is 8.53. The van der Waals surface area contributed by atoms with Gasteiger partial charge in [0.25, 0.3) is 5.91 Å². The van der Waals surface area contributed by atoms with Crippen molar-refractivity contribution in [2.24, 2.45) is 10.5 Å². The van der Waals surface area contributed by atoms with Gasteiger partial charge in [-0.3, -0.25) is 4.79 Å². The predicted molar refractivity (Wildman–Crippen MR) is 140 cm³/mol. The number of rotatable bonds is 7. The Labute approximate surface area is 200 Å². The van der Waals surface area contributed by atoms with Gasteiger partial charge in [-0.25, -0.2) is 0 Å². The number of carbonyl (C=O) groups is 1. The molecule has 0 spiro atoms. The molecule has 0 bridgehead atoms. The number of benzene rings is 4. The van der Waals surface area contributed by atoms with Gasteiger partial charge in [0.1, 0.15) is 5.41 Å². The van der Waals surface area contributed by atoms with E-state index in [4.69, 9.17) is 5.10 Å². The van der Waals surface area contributed by atoms with Gasteiger partial charge < -0.3 is 0 Å². The van der Waals surface area contributed by atoms with E-state index in [1.165, 1.54) is 0 Å². The summed E-state index contributed by atoms with van der Waals surface area (Å²) in [5.74, 6) is -0.000817. The van der Waals surface area contributed by atoms with Crippen molar-refractivity contribution in [3.63, 3.8) is 0 Å². The number of amides is 1. The molecular weight excluding hydrogens is 416 g/mol. The average Bonchev–Trinajstić information content (AvgIpc) is 3.18. The van der Waals surface area contributed by atoms with Crippen LogP contribution in [0.3, 0.4) is 0 Å². The van der Waals surface area contributed by atoms with Gasteiger partial charge >= 0.3 is 0 Å². The van der Waals surface area contributed by atoms with Crippen molar-refractivity contribution in [2.45, 2.75) is 12.8 Å². The topological polar surface area (TPSA) is 32.7 Å². The maximum Gasteiger partial charge on any atom is 0.260 e. The van der Waals surface area contributed by atoms with Crippen LogP contribution < -0.4 is 5.01 Å². The van der Waals surface area contributed by atoms with Crippen molar-refractivity contribution >= 4 is 23.4 Å². The molecule has 0 N–H and O–H groups in total. The van der Waals surface area contributed by atoms with Crippen LogP contribution in [-0.4, -0.2) is 11.6 Å². The van der Waals surface area contributed by atoms with Crippen molar-refractivity contribution in [1.82, 2.24) is 0 Å². The molecule has 0 saturated carbocycles. The number of para-hydroxylation sites is 1. The second-order valence-corrected chi connectivity index (χ2v) is 8.53. The summed E-state index contributed by atoms with van der Waals surface area (Å²) in [6.07, 6.45) is 5.33. The highest BCUT2D eigenvalue weighted by atomic mass is 16.2. The van der Waals surface area contributed by atoms with Crippen molar-refractivity contribution in [1.29, 1.82) is 0 Å². The van der Waals surface area contributed by atoms with Gasteiger partial charge in [-0.1, -0.05) is 121 Å². The Morgan fingerprint density at radius 1 is 0.706 bits per heavy atom. The third-order valence-electron chi connectivity index (χ3n) is 6.23. The Morgan fingerprint density at radius 2 is 1.26 bits per heavy atom. The van der Waals surface area contributed by atoms with E-state index in [9.17, 15) is 4.79 Å². The van der Waals surface area contributed by atoms with Gasteiger partial charge in [0.2, 0.25) is 0 Å². The minimum absolute atomic E-state index is 0.000817. The fourth-order valence-electron chi connectivity index (χ4n) is 4.54. The largest absolute Gasteiger partial charge is 0.271 e. The summed E-state index contributed by atoms with van der Waals surface area (Å²) >= 11 is 0. The fourth-order valence-corrected chi connectivity index (χ4v) is 4.54. The lowest BCUT2D eigenvalue weighted by molar-refractivity contribution is -0.123. The van der Waals surface area contributed by atoms with Crippen LogP contribution in [0.15, 0.2) is 133 Å². The standard InChI is InChI=1S/C31H26N2O/c34-30-31(24-26-16-7-2-8-17-26,23-13-18-25-14-5-1-6-15-25)29(27-19-9-3-10-20-27)32-33(30)28-21-11-4-12-22-28/h1-22H,23-24H2/b18-13+/t31-/m1/s1. The highest BCUT2D eigenvalue weighted by molar-refractivity contribution is 6.25. The van der Waals surface area contributed by atoms with E-state index in [0.717, 1.165) is 28.1 Å². The summed E-state index contributed by atoms with van der Waals surface area (Å²) in [6, 6.07) is 40.2. The predicted octanol–water partition coefficient (Wildman–Crippen LogP) is 6.77. The Bertz CT molecular complexity index is 1300. The van der Waals surface area contributed by atoms with Crippen molar-refractivity contribution < 1.29 is 4.79 Å². The van der Waals surface area contributed by atoms with E-state index in [1.807, 2.05) is 97.1 Å². The zero-order chi connectivity index (χ0) is 23.2. The smallest absolute Gasteiger partial charge is 0.260 e. The average molecular weight is 443 g/mol. The molecule has 1 aliphatic heterocycles. The summed E-state index contributed by atoms with van der Waals surface area (Å²) in [5.41, 5.74) is 3.97. The highest BCUT2D eigenvalue weighted by Crippen LogP contribution is 2.41.